The topological polar surface area (TPSA) is 44.8 Å². The predicted molar refractivity (Wildman–Crippen MR) is 78.2 cm³/mol. The quantitative estimate of drug-likeness (QED) is 0.489. The number of esters is 1. The van der Waals surface area contributed by atoms with Crippen LogP contribution < -0.4 is 4.74 Å². The van der Waals surface area contributed by atoms with Crippen molar-refractivity contribution in [2.45, 2.75) is 32.6 Å². The molecule has 0 heterocycles. The Balaban J connectivity index is 2.45. The Morgan fingerprint density at radius 2 is 1.95 bits per heavy atom. The molecule has 0 amide bonds. The largest absolute Gasteiger partial charge is 0.491 e. The lowest BCUT2D eigenvalue weighted by atomic mass is 10.2. The van der Waals surface area contributed by atoms with Gasteiger partial charge < -0.3 is 14.2 Å². The summed E-state index contributed by atoms with van der Waals surface area (Å²) in [6, 6.07) is 4.10. The van der Waals surface area contributed by atoms with Gasteiger partial charge in [-0.3, -0.25) is 0 Å². The number of carbonyl (C=O) groups is 1. The minimum absolute atomic E-state index is 0.145. The van der Waals surface area contributed by atoms with Crippen LogP contribution in [-0.4, -0.2) is 32.9 Å². The highest BCUT2D eigenvalue weighted by Crippen LogP contribution is 2.19. The number of carbonyl (C=O) groups excluding carboxylic acids is 1. The molecule has 0 radical (unpaired) electrons. The second-order valence-corrected chi connectivity index (χ2v) is 4.68. The lowest BCUT2D eigenvalue weighted by molar-refractivity contribution is 0.0387. The van der Waals surface area contributed by atoms with E-state index in [-0.39, 0.29) is 17.9 Å². The number of ether oxygens (including phenoxy) is 3. The molecule has 5 heteroatoms. The average molecular weight is 298 g/mol. The lowest BCUT2D eigenvalue weighted by Gasteiger charge is -2.09. The molecule has 21 heavy (non-hydrogen) atoms. The van der Waals surface area contributed by atoms with Gasteiger partial charge in [0.25, 0.3) is 0 Å². The Morgan fingerprint density at radius 3 is 2.62 bits per heavy atom. The third-order valence-corrected chi connectivity index (χ3v) is 2.94. The van der Waals surface area contributed by atoms with Gasteiger partial charge in [-0.25, -0.2) is 9.18 Å². The number of methoxy groups -OCH3 is 1. The highest BCUT2D eigenvalue weighted by atomic mass is 19.1. The Bertz CT molecular complexity index is 434. The highest BCUT2D eigenvalue weighted by molar-refractivity contribution is 5.89. The molecule has 0 aliphatic heterocycles. The Labute approximate surface area is 125 Å². The van der Waals surface area contributed by atoms with E-state index in [0.717, 1.165) is 31.7 Å². The van der Waals surface area contributed by atoms with Crippen LogP contribution in [0.5, 0.6) is 5.75 Å². The highest BCUT2D eigenvalue weighted by Gasteiger charge is 2.11. The second-order valence-electron chi connectivity index (χ2n) is 4.68. The van der Waals surface area contributed by atoms with Crippen molar-refractivity contribution >= 4 is 5.97 Å². The van der Waals surface area contributed by atoms with Gasteiger partial charge in [0, 0.05) is 7.11 Å². The van der Waals surface area contributed by atoms with Crippen LogP contribution in [0.3, 0.4) is 0 Å². The summed E-state index contributed by atoms with van der Waals surface area (Å²) in [6.07, 6.45) is 4.27. The van der Waals surface area contributed by atoms with E-state index in [1.54, 1.807) is 0 Å². The fourth-order valence-corrected chi connectivity index (χ4v) is 1.76. The maximum atomic E-state index is 13.8. The summed E-state index contributed by atoms with van der Waals surface area (Å²) in [4.78, 5) is 11.6. The summed E-state index contributed by atoms with van der Waals surface area (Å²) in [5, 5.41) is 0. The fraction of sp³-hybridized carbons (Fsp3) is 0.562. The molecule has 0 spiro atoms. The van der Waals surface area contributed by atoms with Crippen molar-refractivity contribution in [3.63, 3.8) is 0 Å². The Kier molecular flexibility index (Phi) is 8.43. The lowest BCUT2D eigenvalue weighted by Crippen LogP contribution is -2.10. The van der Waals surface area contributed by atoms with Crippen molar-refractivity contribution in [3.8, 4) is 5.75 Å². The maximum Gasteiger partial charge on any atom is 0.338 e. The molecule has 0 saturated carbocycles. The molecule has 0 aliphatic carbocycles. The fourth-order valence-electron chi connectivity index (χ4n) is 1.76. The van der Waals surface area contributed by atoms with E-state index in [4.69, 9.17) is 14.2 Å². The third kappa shape index (κ3) is 6.58. The summed E-state index contributed by atoms with van der Waals surface area (Å²) >= 11 is 0. The first-order valence-corrected chi connectivity index (χ1v) is 7.27. The number of benzene rings is 1. The van der Waals surface area contributed by atoms with Gasteiger partial charge in [-0.15, -0.1) is 0 Å². The first kappa shape index (κ1) is 17.4. The summed E-state index contributed by atoms with van der Waals surface area (Å²) < 4.78 is 28.9. The standard InChI is InChI=1S/C16H23FO4/c1-3-4-5-6-9-20-15-8-7-13(12-14(15)17)16(18)21-11-10-19-2/h7-8,12H,3-6,9-11H2,1-2H3. The molecule has 118 valence electrons. The molecule has 0 aliphatic rings. The van der Waals surface area contributed by atoms with E-state index in [1.165, 1.54) is 19.2 Å². The smallest absolute Gasteiger partial charge is 0.338 e. The van der Waals surface area contributed by atoms with Crippen LogP contribution in [0.1, 0.15) is 43.0 Å². The molecule has 1 rings (SSSR count). The summed E-state index contributed by atoms with van der Waals surface area (Å²) in [5.41, 5.74) is 0.168. The summed E-state index contributed by atoms with van der Waals surface area (Å²) in [6.45, 7) is 3.07. The van der Waals surface area contributed by atoms with Gasteiger partial charge in [0.1, 0.15) is 6.61 Å². The van der Waals surface area contributed by atoms with Crippen LogP contribution in [0, 0.1) is 5.82 Å². The van der Waals surface area contributed by atoms with E-state index < -0.39 is 11.8 Å². The van der Waals surface area contributed by atoms with Gasteiger partial charge in [0.15, 0.2) is 11.6 Å². The van der Waals surface area contributed by atoms with E-state index >= 15 is 0 Å². The number of halogens is 1. The molecule has 0 saturated heterocycles. The summed E-state index contributed by atoms with van der Waals surface area (Å²) in [5.74, 6) is -0.952. The first-order valence-electron chi connectivity index (χ1n) is 7.27. The van der Waals surface area contributed by atoms with Gasteiger partial charge in [-0.2, -0.15) is 0 Å². The molecule has 1 aromatic carbocycles. The SMILES string of the molecule is CCCCCCOc1ccc(C(=O)OCCOC)cc1F. The third-order valence-electron chi connectivity index (χ3n) is 2.94. The van der Waals surface area contributed by atoms with Gasteiger partial charge in [0.2, 0.25) is 0 Å². The average Bonchev–Trinajstić information content (AvgIpc) is 2.48. The molecule has 0 atom stereocenters. The molecule has 1 aromatic rings. The molecule has 4 nitrogen and oxygen atoms in total. The van der Waals surface area contributed by atoms with Crippen molar-refractivity contribution in [2.24, 2.45) is 0 Å². The molecule has 0 N–H and O–H groups in total. The first-order chi connectivity index (χ1) is 10.2. The monoisotopic (exact) mass is 298 g/mol. The predicted octanol–water partition coefficient (Wildman–Crippen LogP) is 3.59. The number of unbranched alkanes of at least 4 members (excludes halogenated alkanes) is 3. The van der Waals surface area contributed by atoms with Crippen molar-refractivity contribution in [1.29, 1.82) is 0 Å². The number of hydrogen-bond donors (Lipinski definition) is 0. The molecule has 0 bridgehead atoms. The zero-order valence-corrected chi connectivity index (χ0v) is 12.7. The number of hydrogen-bond acceptors (Lipinski definition) is 4. The zero-order valence-electron chi connectivity index (χ0n) is 12.7. The van der Waals surface area contributed by atoms with Crippen molar-refractivity contribution in [2.75, 3.05) is 26.9 Å². The van der Waals surface area contributed by atoms with Crippen molar-refractivity contribution in [1.82, 2.24) is 0 Å². The molecule has 0 aromatic heterocycles. The van der Waals surface area contributed by atoms with E-state index in [1.807, 2.05) is 0 Å². The normalized spacial score (nSPS) is 10.4. The van der Waals surface area contributed by atoms with Crippen LogP contribution in [0.25, 0.3) is 0 Å². The van der Waals surface area contributed by atoms with Gasteiger partial charge in [-0.05, 0) is 24.6 Å². The Hall–Kier alpha value is -1.62. The number of rotatable bonds is 10. The van der Waals surface area contributed by atoms with Crippen molar-refractivity contribution < 1.29 is 23.4 Å². The minimum Gasteiger partial charge on any atom is -0.491 e. The van der Waals surface area contributed by atoms with Gasteiger partial charge in [-0.1, -0.05) is 26.2 Å². The van der Waals surface area contributed by atoms with E-state index in [9.17, 15) is 9.18 Å². The van der Waals surface area contributed by atoms with Crippen LogP contribution in [0.15, 0.2) is 18.2 Å². The van der Waals surface area contributed by atoms with Gasteiger partial charge >= 0.3 is 5.97 Å². The Morgan fingerprint density at radius 1 is 1.14 bits per heavy atom. The summed E-state index contributed by atoms with van der Waals surface area (Å²) in [7, 11) is 1.51. The zero-order chi connectivity index (χ0) is 15.5. The van der Waals surface area contributed by atoms with Crippen molar-refractivity contribution in [3.05, 3.63) is 29.6 Å². The second kappa shape index (κ2) is 10.2. The molecular weight excluding hydrogens is 275 g/mol. The molecule has 0 unspecified atom stereocenters. The van der Waals surface area contributed by atoms with E-state index in [0.29, 0.717) is 13.2 Å². The minimum atomic E-state index is -0.569. The van der Waals surface area contributed by atoms with Crippen LogP contribution >= 0.6 is 0 Å². The van der Waals surface area contributed by atoms with Crippen LogP contribution in [-0.2, 0) is 9.47 Å². The van der Waals surface area contributed by atoms with E-state index in [2.05, 4.69) is 6.92 Å². The molecule has 0 fully saturated rings. The van der Waals surface area contributed by atoms with Gasteiger partial charge in [0.05, 0.1) is 18.8 Å². The van der Waals surface area contributed by atoms with Crippen LogP contribution in [0.4, 0.5) is 4.39 Å². The maximum absolute atomic E-state index is 13.8. The molecular formula is C16H23FO4. The van der Waals surface area contributed by atoms with Crippen LogP contribution in [0.2, 0.25) is 0 Å².